The summed E-state index contributed by atoms with van der Waals surface area (Å²) in [5.74, 6) is 0.802. The van der Waals surface area contributed by atoms with E-state index in [0.717, 1.165) is 42.4 Å². The number of aromatic nitrogens is 2. The van der Waals surface area contributed by atoms with Gasteiger partial charge in [0, 0.05) is 36.1 Å². The molecule has 8 heteroatoms. The van der Waals surface area contributed by atoms with Gasteiger partial charge in [0.2, 0.25) is 0 Å². The van der Waals surface area contributed by atoms with E-state index in [9.17, 15) is 4.79 Å². The summed E-state index contributed by atoms with van der Waals surface area (Å²) < 4.78 is 0. The third-order valence-electron chi connectivity index (χ3n) is 5.07. The first-order valence-corrected chi connectivity index (χ1v) is 9.50. The zero-order valence-corrected chi connectivity index (χ0v) is 15.9. The van der Waals surface area contributed by atoms with Crippen LogP contribution in [-0.2, 0) is 6.54 Å². The number of nitrogens with zero attached hydrogens (tertiary/aromatic N) is 4. The second-order valence-electron chi connectivity index (χ2n) is 6.99. The molecule has 0 aliphatic carbocycles. The monoisotopic (exact) mass is 390 g/mol. The summed E-state index contributed by atoms with van der Waals surface area (Å²) in [6.07, 6.45) is 3.61. The molecule has 1 saturated heterocycles. The number of hydrogen-bond acceptors (Lipinski definition) is 6. The highest BCUT2D eigenvalue weighted by molar-refractivity contribution is 6.00. The molecule has 4 N–H and O–H groups in total. The van der Waals surface area contributed by atoms with Crippen LogP contribution in [0.1, 0.15) is 34.3 Å². The molecule has 1 aliphatic rings. The Balaban J connectivity index is 1.54. The fraction of sp³-hybridized carbons (Fsp3) is 0.238. The summed E-state index contributed by atoms with van der Waals surface area (Å²) in [4.78, 5) is 23.2. The molecule has 2 aromatic carbocycles. The van der Waals surface area contributed by atoms with Crippen molar-refractivity contribution in [3.05, 3.63) is 65.5 Å². The molecule has 0 spiro atoms. The zero-order chi connectivity index (χ0) is 20.2. The summed E-state index contributed by atoms with van der Waals surface area (Å²) >= 11 is 0. The molecule has 148 valence electrons. The highest BCUT2D eigenvalue weighted by Crippen LogP contribution is 2.23. The van der Waals surface area contributed by atoms with E-state index < -0.39 is 0 Å². The number of nitrogens with one attached hydrogen (secondary N) is 1. The minimum atomic E-state index is 0.0532. The number of likely N-dealkylation sites (tertiary alicyclic amines) is 1. The first-order valence-electron chi connectivity index (χ1n) is 9.50. The van der Waals surface area contributed by atoms with E-state index in [1.54, 1.807) is 6.07 Å². The van der Waals surface area contributed by atoms with Crippen LogP contribution in [0.4, 0.5) is 5.82 Å². The Bertz CT molecular complexity index is 1080. The van der Waals surface area contributed by atoms with Gasteiger partial charge < -0.3 is 21.2 Å². The number of rotatable bonds is 5. The highest BCUT2D eigenvalue weighted by atomic mass is 16.4. The van der Waals surface area contributed by atoms with Crippen molar-refractivity contribution >= 4 is 28.5 Å². The van der Waals surface area contributed by atoms with Crippen molar-refractivity contribution in [2.75, 3.05) is 18.4 Å². The SMILES string of the molecule is NC(=NO)c1cccc(CNc2ncnc3cc(C(=O)N4CCCC4)ccc23)c1. The van der Waals surface area contributed by atoms with Gasteiger partial charge in [-0.1, -0.05) is 23.4 Å². The van der Waals surface area contributed by atoms with Crippen LogP contribution in [0.2, 0.25) is 0 Å². The highest BCUT2D eigenvalue weighted by Gasteiger charge is 2.20. The lowest BCUT2D eigenvalue weighted by molar-refractivity contribution is 0.0793. The van der Waals surface area contributed by atoms with Crippen LogP contribution in [0.25, 0.3) is 10.9 Å². The molecule has 1 fully saturated rings. The van der Waals surface area contributed by atoms with Gasteiger partial charge in [0.25, 0.3) is 5.91 Å². The molecule has 0 unspecified atom stereocenters. The van der Waals surface area contributed by atoms with Crippen LogP contribution < -0.4 is 11.1 Å². The van der Waals surface area contributed by atoms with Crippen molar-refractivity contribution in [1.29, 1.82) is 0 Å². The maximum Gasteiger partial charge on any atom is 0.253 e. The van der Waals surface area contributed by atoms with Gasteiger partial charge in [-0.2, -0.15) is 0 Å². The number of amidine groups is 1. The third-order valence-corrected chi connectivity index (χ3v) is 5.07. The van der Waals surface area contributed by atoms with Crippen LogP contribution in [0.3, 0.4) is 0 Å². The Morgan fingerprint density at radius 1 is 1.14 bits per heavy atom. The predicted octanol–water partition coefficient (Wildman–Crippen LogP) is 2.57. The number of oxime groups is 1. The van der Waals surface area contributed by atoms with Gasteiger partial charge in [-0.15, -0.1) is 0 Å². The molecule has 29 heavy (non-hydrogen) atoms. The van der Waals surface area contributed by atoms with Gasteiger partial charge in [-0.25, -0.2) is 9.97 Å². The molecule has 0 bridgehead atoms. The molecule has 3 aromatic rings. The van der Waals surface area contributed by atoms with Crippen molar-refractivity contribution in [2.24, 2.45) is 10.9 Å². The molecular formula is C21H22N6O2. The van der Waals surface area contributed by atoms with E-state index in [2.05, 4.69) is 20.4 Å². The normalized spacial score (nSPS) is 14.3. The van der Waals surface area contributed by atoms with Gasteiger partial charge in [-0.3, -0.25) is 4.79 Å². The second kappa shape index (κ2) is 8.14. The summed E-state index contributed by atoms with van der Waals surface area (Å²) in [6.45, 7) is 2.14. The predicted molar refractivity (Wildman–Crippen MR) is 111 cm³/mol. The lowest BCUT2D eigenvalue weighted by Crippen LogP contribution is -2.27. The Labute approximate surface area is 168 Å². The largest absolute Gasteiger partial charge is 0.409 e. The number of benzene rings is 2. The molecule has 1 aromatic heterocycles. The average molecular weight is 390 g/mol. The first-order chi connectivity index (χ1) is 14.2. The fourth-order valence-corrected chi connectivity index (χ4v) is 3.52. The first kappa shape index (κ1) is 18.7. The van der Waals surface area contributed by atoms with Gasteiger partial charge in [0.1, 0.15) is 12.1 Å². The van der Waals surface area contributed by atoms with Crippen molar-refractivity contribution in [3.8, 4) is 0 Å². The van der Waals surface area contributed by atoms with E-state index in [4.69, 9.17) is 10.9 Å². The number of hydrogen-bond donors (Lipinski definition) is 3. The summed E-state index contributed by atoms with van der Waals surface area (Å²) in [6, 6.07) is 12.9. The quantitative estimate of drug-likeness (QED) is 0.267. The number of carbonyl (C=O) groups is 1. The lowest BCUT2D eigenvalue weighted by Gasteiger charge is -2.15. The van der Waals surface area contributed by atoms with Gasteiger partial charge in [0.15, 0.2) is 5.84 Å². The van der Waals surface area contributed by atoms with Gasteiger partial charge in [0.05, 0.1) is 5.52 Å². The topological polar surface area (TPSA) is 117 Å². The van der Waals surface area contributed by atoms with Crippen LogP contribution >= 0.6 is 0 Å². The van der Waals surface area contributed by atoms with E-state index in [-0.39, 0.29) is 11.7 Å². The van der Waals surface area contributed by atoms with Crippen molar-refractivity contribution in [3.63, 3.8) is 0 Å². The number of nitrogens with two attached hydrogens (primary N) is 1. The van der Waals surface area contributed by atoms with Crippen molar-refractivity contribution in [1.82, 2.24) is 14.9 Å². The smallest absolute Gasteiger partial charge is 0.253 e. The molecule has 8 nitrogen and oxygen atoms in total. The zero-order valence-electron chi connectivity index (χ0n) is 15.9. The maximum absolute atomic E-state index is 12.6. The molecule has 4 rings (SSSR count). The summed E-state index contributed by atoms with van der Waals surface area (Å²) in [7, 11) is 0. The lowest BCUT2D eigenvalue weighted by atomic mass is 10.1. The van der Waals surface area contributed by atoms with E-state index >= 15 is 0 Å². The van der Waals surface area contributed by atoms with Gasteiger partial charge >= 0.3 is 0 Å². The third kappa shape index (κ3) is 3.96. The van der Waals surface area contributed by atoms with Crippen LogP contribution in [0.15, 0.2) is 53.9 Å². The van der Waals surface area contributed by atoms with Crippen LogP contribution in [0, 0.1) is 0 Å². The second-order valence-corrected chi connectivity index (χ2v) is 6.99. The van der Waals surface area contributed by atoms with Crippen LogP contribution in [-0.4, -0.2) is 44.9 Å². The van der Waals surface area contributed by atoms with E-state index in [0.29, 0.717) is 23.5 Å². The van der Waals surface area contributed by atoms with E-state index in [1.807, 2.05) is 41.3 Å². The Morgan fingerprint density at radius 3 is 2.76 bits per heavy atom. The summed E-state index contributed by atoms with van der Waals surface area (Å²) in [5.41, 5.74) is 8.63. The molecule has 1 aliphatic heterocycles. The molecule has 0 atom stereocenters. The Kier molecular flexibility index (Phi) is 5.24. The Hall–Kier alpha value is -3.68. The van der Waals surface area contributed by atoms with Crippen LogP contribution in [0.5, 0.6) is 0 Å². The molecule has 2 heterocycles. The average Bonchev–Trinajstić information content (AvgIpc) is 3.31. The number of carbonyl (C=O) groups excluding carboxylic acids is 1. The maximum atomic E-state index is 12.6. The molecule has 0 saturated carbocycles. The number of fused-ring (bicyclic) bond motifs is 1. The standard InChI is InChI=1S/C21H22N6O2/c22-19(26-29)15-5-3-4-14(10-15)12-23-20-17-7-6-16(11-18(17)24-13-25-20)21(28)27-8-1-2-9-27/h3-7,10-11,13,29H,1-2,8-9,12H2,(H2,22,26)(H,23,24,25). The van der Waals surface area contributed by atoms with E-state index in [1.165, 1.54) is 6.33 Å². The molecule has 0 radical (unpaired) electrons. The minimum absolute atomic E-state index is 0.0532. The fourth-order valence-electron chi connectivity index (χ4n) is 3.52. The number of amides is 1. The number of anilines is 1. The Morgan fingerprint density at radius 2 is 1.97 bits per heavy atom. The van der Waals surface area contributed by atoms with Crippen molar-refractivity contribution in [2.45, 2.75) is 19.4 Å². The summed E-state index contributed by atoms with van der Waals surface area (Å²) in [5, 5.41) is 16.0. The molecular weight excluding hydrogens is 368 g/mol. The van der Waals surface area contributed by atoms with Gasteiger partial charge in [-0.05, 0) is 42.7 Å². The minimum Gasteiger partial charge on any atom is -0.409 e. The van der Waals surface area contributed by atoms with Crippen molar-refractivity contribution < 1.29 is 10.0 Å². The molecule has 1 amide bonds.